The maximum Gasteiger partial charge on any atom is 0.416 e. The van der Waals surface area contributed by atoms with Crippen molar-refractivity contribution in [2.75, 3.05) is 36.4 Å². The van der Waals surface area contributed by atoms with Crippen LogP contribution in [0.1, 0.15) is 30.4 Å². The van der Waals surface area contributed by atoms with E-state index < -0.39 is 11.7 Å². The molecule has 30 heavy (non-hydrogen) atoms. The van der Waals surface area contributed by atoms with Crippen LogP contribution >= 0.6 is 11.6 Å². The van der Waals surface area contributed by atoms with Gasteiger partial charge in [-0.25, -0.2) is 0 Å². The first-order chi connectivity index (χ1) is 14.3. The molecule has 0 spiro atoms. The summed E-state index contributed by atoms with van der Waals surface area (Å²) < 4.78 is 39.0. The molecule has 10 heteroatoms. The Hall–Kier alpha value is -2.39. The van der Waals surface area contributed by atoms with Crippen molar-refractivity contribution in [2.45, 2.75) is 31.5 Å². The largest absolute Gasteiger partial charge is 0.416 e. The van der Waals surface area contributed by atoms with Gasteiger partial charge in [-0.15, -0.1) is 0 Å². The Kier molecular flexibility index (Phi) is 5.84. The predicted octanol–water partition coefficient (Wildman–Crippen LogP) is 4.56. The molecule has 0 unspecified atom stereocenters. The summed E-state index contributed by atoms with van der Waals surface area (Å²) in [6, 6.07) is 5.27. The van der Waals surface area contributed by atoms with E-state index in [0.29, 0.717) is 17.4 Å². The molecule has 0 aliphatic carbocycles. The van der Waals surface area contributed by atoms with Crippen LogP contribution in [0.4, 0.5) is 30.5 Å². The molecule has 2 fully saturated rings. The summed E-state index contributed by atoms with van der Waals surface area (Å²) in [4.78, 5) is 12.9. The highest BCUT2D eigenvalue weighted by atomic mass is 35.5. The zero-order valence-corrected chi connectivity index (χ0v) is 17.0. The predicted molar refractivity (Wildman–Crippen MR) is 111 cm³/mol. The number of likely N-dealkylation sites (tertiary alicyclic amines) is 1. The number of nitrogens with zero attached hydrogens (tertiary/aromatic N) is 4. The summed E-state index contributed by atoms with van der Waals surface area (Å²) in [7, 11) is 0. The fourth-order valence-corrected chi connectivity index (χ4v) is 4.12. The maximum atomic E-state index is 13.0. The topological polar surface area (TPSA) is 68.1 Å². The van der Waals surface area contributed by atoms with Crippen LogP contribution in [0.2, 0.25) is 5.28 Å². The lowest BCUT2D eigenvalue weighted by Crippen LogP contribution is -2.61. The molecule has 2 aliphatic heterocycles. The highest BCUT2D eigenvalue weighted by Crippen LogP contribution is 2.34. The molecule has 4 rings (SSSR count). The first-order valence-corrected chi connectivity index (χ1v) is 10.2. The van der Waals surface area contributed by atoms with E-state index in [1.54, 1.807) is 0 Å². The van der Waals surface area contributed by atoms with Gasteiger partial charge in [-0.1, -0.05) is 12.5 Å². The molecule has 0 saturated carbocycles. The maximum absolute atomic E-state index is 13.0. The zero-order valence-electron chi connectivity index (χ0n) is 16.2. The van der Waals surface area contributed by atoms with Crippen molar-refractivity contribution in [3.05, 3.63) is 40.7 Å². The van der Waals surface area contributed by atoms with Crippen LogP contribution in [-0.2, 0) is 6.18 Å². The molecule has 2 aromatic rings. The average Bonchev–Trinajstić information content (AvgIpc) is 2.67. The summed E-state index contributed by atoms with van der Waals surface area (Å²) in [6.45, 7) is 3.75. The Morgan fingerprint density at radius 3 is 2.53 bits per heavy atom. The summed E-state index contributed by atoms with van der Waals surface area (Å²) in [6.07, 6.45) is 0.365. The van der Waals surface area contributed by atoms with Crippen molar-refractivity contribution < 1.29 is 13.2 Å². The molecule has 0 atom stereocenters. The van der Waals surface area contributed by atoms with Crippen molar-refractivity contribution in [1.82, 2.24) is 14.9 Å². The van der Waals surface area contributed by atoms with E-state index in [-0.39, 0.29) is 16.8 Å². The molecule has 1 aromatic carbocycles. The number of rotatable bonds is 5. The number of anilines is 3. The van der Waals surface area contributed by atoms with Crippen molar-refractivity contribution >= 4 is 35.1 Å². The van der Waals surface area contributed by atoms with Gasteiger partial charge in [-0.05, 0) is 55.7 Å². The van der Waals surface area contributed by atoms with Crippen LogP contribution in [0, 0.1) is 5.41 Å². The van der Waals surface area contributed by atoms with Crippen LogP contribution in [0.5, 0.6) is 0 Å². The van der Waals surface area contributed by atoms with Crippen molar-refractivity contribution in [2.24, 2.45) is 0 Å². The van der Waals surface area contributed by atoms with Crippen molar-refractivity contribution in [3.63, 3.8) is 0 Å². The lowest BCUT2D eigenvalue weighted by molar-refractivity contribution is -0.137. The first kappa shape index (κ1) is 20.9. The first-order valence-electron chi connectivity index (χ1n) is 9.86. The van der Waals surface area contributed by atoms with Crippen LogP contribution in [-0.4, -0.2) is 53.3 Å². The molecule has 0 bridgehead atoms. The number of benzene rings is 1. The smallest absolute Gasteiger partial charge is 0.353 e. The lowest BCUT2D eigenvalue weighted by Gasteiger charge is -2.47. The van der Waals surface area contributed by atoms with Gasteiger partial charge in [-0.3, -0.25) is 4.90 Å². The Morgan fingerprint density at radius 1 is 1.13 bits per heavy atom. The zero-order chi connectivity index (χ0) is 21.3. The SMILES string of the molecule is N=Cc1c(Nc2cccc(C(F)(F)F)c2)nc(Cl)nc1N1CC(N2CCCCC2)C1. The van der Waals surface area contributed by atoms with Gasteiger partial charge in [0.25, 0.3) is 0 Å². The van der Waals surface area contributed by atoms with Crippen LogP contribution < -0.4 is 10.2 Å². The minimum Gasteiger partial charge on any atom is -0.353 e. The average molecular weight is 439 g/mol. The third-order valence-corrected chi connectivity index (χ3v) is 5.73. The molecule has 160 valence electrons. The second kappa shape index (κ2) is 8.39. The van der Waals surface area contributed by atoms with E-state index in [2.05, 4.69) is 20.2 Å². The second-order valence-corrected chi connectivity index (χ2v) is 7.92. The Morgan fingerprint density at radius 2 is 1.87 bits per heavy atom. The third kappa shape index (κ3) is 4.37. The van der Waals surface area contributed by atoms with Crippen LogP contribution in [0.3, 0.4) is 0 Å². The summed E-state index contributed by atoms with van der Waals surface area (Å²) in [5, 5.41) is 10.7. The number of halogens is 4. The molecule has 6 nitrogen and oxygen atoms in total. The summed E-state index contributed by atoms with van der Waals surface area (Å²) in [5.41, 5.74) is -0.159. The van der Waals surface area contributed by atoms with Gasteiger partial charge in [0.05, 0.1) is 11.1 Å². The van der Waals surface area contributed by atoms with Gasteiger partial charge < -0.3 is 15.6 Å². The fraction of sp³-hybridized carbons (Fsp3) is 0.450. The van der Waals surface area contributed by atoms with E-state index in [9.17, 15) is 13.2 Å². The van der Waals surface area contributed by atoms with Crippen LogP contribution in [0.25, 0.3) is 0 Å². The van der Waals surface area contributed by atoms with Gasteiger partial charge in [0.2, 0.25) is 5.28 Å². The summed E-state index contributed by atoms with van der Waals surface area (Å²) in [5.74, 6) is 0.730. The molecule has 0 amide bonds. The number of alkyl halides is 3. The highest BCUT2D eigenvalue weighted by Gasteiger charge is 2.35. The molecule has 0 radical (unpaired) electrons. The van der Waals surface area contributed by atoms with E-state index in [4.69, 9.17) is 17.0 Å². The molecule has 2 aliphatic rings. The monoisotopic (exact) mass is 438 g/mol. The van der Waals surface area contributed by atoms with Gasteiger partial charge in [0.1, 0.15) is 11.6 Å². The van der Waals surface area contributed by atoms with Crippen molar-refractivity contribution in [3.8, 4) is 0 Å². The molecule has 1 aromatic heterocycles. The van der Waals surface area contributed by atoms with E-state index in [1.807, 2.05) is 4.90 Å². The van der Waals surface area contributed by atoms with Crippen molar-refractivity contribution in [1.29, 1.82) is 5.41 Å². The molecule has 2 N–H and O–H groups in total. The molecule has 2 saturated heterocycles. The Bertz CT molecular complexity index is 923. The Balaban J connectivity index is 1.55. The number of hydrogen-bond donors (Lipinski definition) is 2. The number of aromatic nitrogens is 2. The Labute approximate surface area is 177 Å². The fourth-order valence-electron chi connectivity index (χ4n) is 3.95. The van der Waals surface area contributed by atoms with Gasteiger partial charge in [0, 0.05) is 31.0 Å². The lowest BCUT2D eigenvalue weighted by atomic mass is 10.0. The van der Waals surface area contributed by atoms with E-state index in [0.717, 1.165) is 44.5 Å². The molecular formula is C20H22ClF3N6. The third-order valence-electron chi connectivity index (χ3n) is 5.56. The molecular weight excluding hydrogens is 417 g/mol. The minimum atomic E-state index is -4.45. The number of piperidine rings is 1. The van der Waals surface area contributed by atoms with Gasteiger partial charge in [0.15, 0.2) is 0 Å². The van der Waals surface area contributed by atoms with E-state index >= 15 is 0 Å². The highest BCUT2D eigenvalue weighted by molar-refractivity contribution is 6.28. The van der Waals surface area contributed by atoms with Crippen LogP contribution in [0.15, 0.2) is 24.3 Å². The van der Waals surface area contributed by atoms with E-state index in [1.165, 1.54) is 31.4 Å². The normalized spacial score (nSPS) is 18.2. The standard InChI is InChI=1S/C20H22ClF3N6/c21-19-27-17(26-14-6-4-5-13(9-14)20(22,23)24)16(10-25)18(28-19)30-11-15(12-30)29-7-2-1-3-8-29/h4-6,9-10,15,25H,1-3,7-8,11-12H2,(H,26,27,28). The number of nitrogens with one attached hydrogen (secondary N) is 2. The molecule has 3 heterocycles. The minimum absolute atomic E-state index is 0.0218. The number of hydrogen-bond acceptors (Lipinski definition) is 6. The summed E-state index contributed by atoms with van der Waals surface area (Å²) >= 11 is 6.10. The van der Waals surface area contributed by atoms with Gasteiger partial charge in [-0.2, -0.15) is 23.1 Å². The quantitative estimate of drug-likeness (QED) is 0.529. The van der Waals surface area contributed by atoms with Gasteiger partial charge >= 0.3 is 6.18 Å². The second-order valence-electron chi connectivity index (χ2n) is 7.58.